The van der Waals surface area contributed by atoms with Crippen LogP contribution in [-0.4, -0.2) is 16.9 Å². The van der Waals surface area contributed by atoms with Gasteiger partial charge in [-0.2, -0.15) is 0 Å². The van der Waals surface area contributed by atoms with Crippen LogP contribution < -0.4 is 0 Å². The Morgan fingerprint density at radius 2 is 2.00 bits per heavy atom. The fourth-order valence-electron chi connectivity index (χ4n) is 2.33. The van der Waals surface area contributed by atoms with Crippen LogP contribution in [0.15, 0.2) is 12.2 Å². The van der Waals surface area contributed by atoms with Crippen LogP contribution in [0.3, 0.4) is 0 Å². The van der Waals surface area contributed by atoms with E-state index in [1.807, 2.05) is 6.92 Å². The van der Waals surface area contributed by atoms with Gasteiger partial charge in [0.2, 0.25) is 0 Å². The Bertz CT molecular complexity index is 315. The van der Waals surface area contributed by atoms with Gasteiger partial charge in [-0.05, 0) is 25.2 Å². The number of hydrogen-bond donors (Lipinski definition) is 1. The molecule has 1 atom stereocenters. The molecule has 1 unspecified atom stereocenters. The zero-order valence-corrected chi connectivity index (χ0v) is 9.54. The molecule has 0 aromatic heterocycles. The Hall–Kier alpha value is -1.12. The molecule has 0 saturated heterocycles. The molecule has 1 aliphatic rings. The first kappa shape index (κ1) is 12.0. The molecular weight excluding hydrogens is 192 g/mol. The van der Waals surface area contributed by atoms with Gasteiger partial charge < -0.3 is 5.11 Å². The monoisotopic (exact) mass is 210 g/mol. The van der Waals surface area contributed by atoms with Gasteiger partial charge in [-0.3, -0.25) is 4.79 Å². The number of carbonyl (C=O) groups excluding carboxylic acids is 1. The Kier molecular flexibility index (Phi) is 3.03. The number of carbonyl (C=O) groups is 2. The predicted molar refractivity (Wildman–Crippen MR) is 57.5 cm³/mol. The highest BCUT2D eigenvalue weighted by Gasteiger charge is 2.40. The minimum absolute atomic E-state index is 0.117. The average Bonchev–Trinajstić information content (AvgIpc) is 2.09. The molecule has 1 N–H and O–H groups in total. The van der Waals surface area contributed by atoms with Gasteiger partial charge in [0, 0.05) is 17.9 Å². The molecule has 0 heterocycles. The minimum Gasteiger partial charge on any atom is -0.478 e. The number of rotatable bonds is 2. The van der Waals surface area contributed by atoms with Crippen molar-refractivity contribution in [2.45, 2.75) is 40.0 Å². The lowest BCUT2D eigenvalue weighted by Gasteiger charge is -2.39. The molecule has 0 aromatic carbocycles. The van der Waals surface area contributed by atoms with E-state index in [0.717, 1.165) is 18.9 Å². The molecule has 15 heavy (non-hydrogen) atoms. The molecule has 0 amide bonds. The average molecular weight is 210 g/mol. The van der Waals surface area contributed by atoms with Crippen molar-refractivity contribution in [2.75, 3.05) is 0 Å². The van der Waals surface area contributed by atoms with Gasteiger partial charge >= 0.3 is 5.97 Å². The number of ketones is 1. The molecule has 3 heteroatoms. The maximum Gasteiger partial charge on any atom is 0.328 e. The van der Waals surface area contributed by atoms with Crippen LogP contribution in [0, 0.1) is 10.8 Å². The molecule has 0 aliphatic heterocycles. The van der Waals surface area contributed by atoms with E-state index < -0.39 is 11.4 Å². The van der Waals surface area contributed by atoms with Crippen molar-refractivity contribution in [3.63, 3.8) is 0 Å². The van der Waals surface area contributed by atoms with Crippen molar-refractivity contribution >= 4 is 11.8 Å². The summed E-state index contributed by atoms with van der Waals surface area (Å²) >= 11 is 0. The van der Waals surface area contributed by atoms with Crippen LogP contribution >= 0.6 is 0 Å². The summed E-state index contributed by atoms with van der Waals surface area (Å²) in [6.45, 7) is 6.06. The Morgan fingerprint density at radius 3 is 2.53 bits per heavy atom. The number of allylic oxidation sites excluding steroid dienone is 1. The predicted octanol–water partition coefficient (Wildman–Crippen LogP) is 2.41. The highest BCUT2D eigenvalue weighted by Crippen LogP contribution is 2.44. The van der Waals surface area contributed by atoms with Gasteiger partial charge in [0.25, 0.3) is 0 Å². The summed E-state index contributed by atoms with van der Waals surface area (Å²) in [4.78, 5) is 22.2. The van der Waals surface area contributed by atoms with E-state index in [0.29, 0.717) is 6.42 Å². The van der Waals surface area contributed by atoms with E-state index in [4.69, 9.17) is 5.11 Å². The van der Waals surface area contributed by atoms with Crippen LogP contribution in [-0.2, 0) is 9.59 Å². The van der Waals surface area contributed by atoms with E-state index in [-0.39, 0.29) is 11.2 Å². The van der Waals surface area contributed by atoms with E-state index in [9.17, 15) is 9.59 Å². The van der Waals surface area contributed by atoms with Gasteiger partial charge in [0.05, 0.1) is 0 Å². The lowest BCUT2D eigenvalue weighted by molar-refractivity contribution is -0.131. The van der Waals surface area contributed by atoms with Gasteiger partial charge in [-0.25, -0.2) is 4.79 Å². The highest BCUT2D eigenvalue weighted by molar-refractivity contribution is 5.89. The largest absolute Gasteiger partial charge is 0.478 e. The lowest BCUT2D eigenvalue weighted by Crippen LogP contribution is -2.37. The molecule has 1 rings (SSSR count). The molecule has 1 fully saturated rings. The van der Waals surface area contributed by atoms with Crippen LogP contribution in [0.4, 0.5) is 0 Å². The molecule has 84 valence electrons. The maximum absolute atomic E-state index is 11.8. The molecule has 3 nitrogen and oxygen atoms in total. The van der Waals surface area contributed by atoms with E-state index >= 15 is 0 Å². The van der Waals surface area contributed by atoms with Crippen LogP contribution in [0.5, 0.6) is 0 Å². The lowest BCUT2D eigenvalue weighted by atomic mass is 9.63. The Labute approximate surface area is 90.2 Å². The van der Waals surface area contributed by atoms with Gasteiger partial charge in [0.15, 0.2) is 0 Å². The fourth-order valence-corrected chi connectivity index (χ4v) is 2.33. The summed E-state index contributed by atoms with van der Waals surface area (Å²) in [6.07, 6.45) is 4.79. The third-order valence-electron chi connectivity index (χ3n) is 3.11. The fraction of sp³-hybridized carbons (Fsp3) is 0.667. The zero-order chi connectivity index (χ0) is 11.7. The SMILES string of the molecule is CC1(C)CCC(=O)C(C)(/C=C/C(=O)O)C1. The normalized spacial score (nSPS) is 30.7. The topological polar surface area (TPSA) is 54.4 Å². The third-order valence-corrected chi connectivity index (χ3v) is 3.11. The number of carboxylic acids is 1. The van der Waals surface area contributed by atoms with Crippen LogP contribution in [0.1, 0.15) is 40.0 Å². The molecule has 0 aromatic rings. The second kappa shape index (κ2) is 3.80. The highest BCUT2D eigenvalue weighted by atomic mass is 16.4. The maximum atomic E-state index is 11.8. The quantitative estimate of drug-likeness (QED) is 0.712. The van der Waals surface area contributed by atoms with Crippen LogP contribution in [0.25, 0.3) is 0 Å². The van der Waals surface area contributed by atoms with Crippen molar-refractivity contribution in [3.05, 3.63) is 12.2 Å². The summed E-state index contributed by atoms with van der Waals surface area (Å²) in [5.41, 5.74) is -0.481. The number of carboxylic acid groups (broad SMARTS) is 1. The number of hydrogen-bond acceptors (Lipinski definition) is 2. The molecule has 1 saturated carbocycles. The summed E-state index contributed by atoms with van der Waals surface area (Å²) in [6, 6.07) is 0. The van der Waals surface area contributed by atoms with Crippen molar-refractivity contribution in [1.29, 1.82) is 0 Å². The van der Waals surface area contributed by atoms with E-state index in [1.165, 1.54) is 0 Å². The number of Topliss-reactive ketones (excluding diaryl/α,β-unsaturated/α-hetero) is 1. The smallest absolute Gasteiger partial charge is 0.328 e. The van der Waals surface area contributed by atoms with Crippen LogP contribution in [0.2, 0.25) is 0 Å². The summed E-state index contributed by atoms with van der Waals surface area (Å²) < 4.78 is 0. The Balaban J connectivity index is 2.88. The van der Waals surface area contributed by atoms with Gasteiger partial charge in [0.1, 0.15) is 5.78 Å². The van der Waals surface area contributed by atoms with Crippen molar-refractivity contribution in [3.8, 4) is 0 Å². The standard InChI is InChI=1S/C12H18O3/c1-11(2)6-4-9(13)12(3,8-11)7-5-10(14)15/h5,7H,4,6,8H2,1-3H3,(H,14,15)/b7-5+. The van der Waals surface area contributed by atoms with E-state index in [2.05, 4.69) is 13.8 Å². The minimum atomic E-state index is -0.993. The van der Waals surface area contributed by atoms with Gasteiger partial charge in [-0.15, -0.1) is 0 Å². The molecule has 1 aliphatic carbocycles. The molecule has 0 spiro atoms. The Morgan fingerprint density at radius 1 is 1.40 bits per heavy atom. The first-order chi connectivity index (χ1) is 6.75. The second-order valence-corrected chi connectivity index (χ2v) is 5.35. The molecule has 0 bridgehead atoms. The molecule has 0 radical (unpaired) electrons. The first-order valence-electron chi connectivity index (χ1n) is 5.21. The zero-order valence-electron chi connectivity index (χ0n) is 9.54. The second-order valence-electron chi connectivity index (χ2n) is 5.35. The third kappa shape index (κ3) is 2.91. The summed E-state index contributed by atoms with van der Waals surface area (Å²) in [5.74, 6) is -0.841. The van der Waals surface area contributed by atoms with E-state index in [1.54, 1.807) is 6.08 Å². The first-order valence-corrected chi connectivity index (χ1v) is 5.21. The summed E-state index contributed by atoms with van der Waals surface area (Å²) in [5, 5.41) is 8.58. The molecular formula is C12H18O3. The number of aliphatic carboxylic acids is 1. The summed E-state index contributed by atoms with van der Waals surface area (Å²) in [7, 11) is 0. The van der Waals surface area contributed by atoms with Crippen molar-refractivity contribution in [1.82, 2.24) is 0 Å². The van der Waals surface area contributed by atoms with Crippen molar-refractivity contribution in [2.24, 2.45) is 10.8 Å². The van der Waals surface area contributed by atoms with Gasteiger partial charge in [-0.1, -0.05) is 19.9 Å². The van der Waals surface area contributed by atoms with Crippen molar-refractivity contribution < 1.29 is 14.7 Å².